The minimum atomic E-state index is -0.0624. The van der Waals surface area contributed by atoms with Gasteiger partial charge in [0.1, 0.15) is 0 Å². The second-order valence-corrected chi connectivity index (χ2v) is 5.90. The molecule has 0 heterocycles. The quantitative estimate of drug-likeness (QED) is 0.866. The molecule has 3 nitrogen and oxygen atoms in total. The zero-order valence-electron chi connectivity index (χ0n) is 13.1. The van der Waals surface area contributed by atoms with Crippen LogP contribution >= 0.6 is 11.6 Å². The van der Waals surface area contributed by atoms with Crippen molar-refractivity contribution in [1.82, 2.24) is 5.32 Å². The maximum atomic E-state index is 12.1. The molecule has 2 N–H and O–H groups in total. The number of benzene rings is 2. The number of anilines is 1. The molecule has 0 spiro atoms. The van der Waals surface area contributed by atoms with E-state index in [1.807, 2.05) is 63.2 Å². The van der Waals surface area contributed by atoms with E-state index in [1.165, 1.54) is 0 Å². The molecule has 22 heavy (non-hydrogen) atoms. The number of rotatable bonds is 5. The van der Waals surface area contributed by atoms with E-state index in [9.17, 15) is 4.79 Å². The van der Waals surface area contributed by atoms with Gasteiger partial charge in [0.25, 0.3) is 0 Å². The molecule has 0 saturated heterocycles. The van der Waals surface area contributed by atoms with E-state index in [0.29, 0.717) is 5.02 Å². The van der Waals surface area contributed by atoms with Crippen molar-refractivity contribution in [1.29, 1.82) is 0 Å². The van der Waals surface area contributed by atoms with E-state index < -0.39 is 0 Å². The third kappa shape index (κ3) is 4.33. The Morgan fingerprint density at radius 3 is 2.64 bits per heavy atom. The summed E-state index contributed by atoms with van der Waals surface area (Å²) in [5.41, 5.74) is 4.03. The number of amides is 1. The van der Waals surface area contributed by atoms with E-state index in [-0.39, 0.29) is 18.5 Å². The molecule has 116 valence electrons. The fourth-order valence-corrected chi connectivity index (χ4v) is 2.55. The highest BCUT2D eigenvalue weighted by Crippen LogP contribution is 2.22. The Labute approximate surface area is 136 Å². The summed E-state index contributed by atoms with van der Waals surface area (Å²) in [6, 6.07) is 13.7. The highest BCUT2D eigenvalue weighted by Gasteiger charge is 2.11. The molecule has 0 aliphatic carbocycles. The summed E-state index contributed by atoms with van der Waals surface area (Å²) in [6.07, 6.45) is 0. The van der Waals surface area contributed by atoms with Crippen LogP contribution in [0.5, 0.6) is 0 Å². The summed E-state index contributed by atoms with van der Waals surface area (Å²) in [7, 11) is 0. The lowest BCUT2D eigenvalue weighted by Gasteiger charge is -2.16. The summed E-state index contributed by atoms with van der Waals surface area (Å²) in [5, 5.41) is 6.84. The summed E-state index contributed by atoms with van der Waals surface area (Å²) < 4.78 is 0. The van der Waals surface area contributed by atoms with Gasteiger partial charge in [-0.3, -0.25) is 4.79 Å². The third-order valence-corrected chi connectivity index (χ3v) is 3.95. The Balaban J connectivity index is 1.93. The summed E-state index contributed by atoms with van der Waals surface area (Å²) in [5.74, 6) is -0.0624. The average Bonchev–Trinajstić information content (AvgIpc) is 2.49. The number of carbonyl (C=O) groups is 1. The first kappa shape index (κ1) is 16.5. The molecule has 4 heteroatoms. The second-order valence-electron chi connectivity index (χ2n) is 5.49. The summed E-state index contributed by atoms with van der Waals surface area (Å²) in [4.78, 5) is 12.1. The molecule has 1 atom stereocenters. The lowest BCUT2D eigenvalue weighted by Crippen LogP contribution is -2.30. The van der Waals surface area contributed by atoms with Crippen molar-refractivity contribution in [3.8, 4) is 0 Å². The van der Waals surface area contributed by atoms with Crippen LogP contribution < -0.4 is 10.6 Å². The van der Waals surface area contributed by atoms with Gasteiger partial charge in [-0.25, -0.2) is 0 Å². The molecule has 2 aromatic rings. The molecule has 0 unspecified atom stereocenters. The maximum Gasteiger partial charge on any atom is 0.238 e. The van der Waals surface area contributed by atoms with Crippen molar-refractivity contribution in [2.24, 2.45) is 0 Å². The van der Waals surface area contributed by atoms with Gasteiger partial charge in [0.05, 0.1) is 6.54 Å². The topological polar surface area (TPSA) is 41.1 Å². The number of nitrogens with one attached hydrogen (secondary N) is 2. The average molecular weight is 317 g/mol. The smallest absolute Gasteiger partial charge is 0.238 e. The molecule has 0 bridgehead atoms. The number of aryl methyl sites for hydroxylation is 2. The molecule has 0 radical (unpaired) electrons. The van der Waals surface area contributed by atoms with Crippen LogP contribution in [0.25, 0.3) is 0 Å². The lowest BCUT2D eigenvalue weighted by molar-refractivity contribution is -0.115. The van der Waals surface area contributed by atoms with Gasteiger partial charge in [0.15, 0.2) is 0 Å². The standard InChI is InChI=1S/C18H21ClN2O/c1-12-8-9-13(2)17(10-12)21-18(22)11-20-14(3)15-6-4-5-7-16(15)19/h4-10,14,20H,11H2,1-3H3,(H,21,22)/t14-/m1/s1. The second kappa shape index (κ2) is 7.43. The van der Waals surface area contributed by atoms with Gasteiger partial charge in [0.2, 0.25) is 5.91 Å². The van der Waals surface area contributed by atoms with Crippen LogP contribution in [-0.4, -0.2) is 12.5 Å². The van der Waals surface area contributed by atoms with Crippen LogP contribution in [0.4, 0.5) is 5.69 Å². The Kier molecular flexibility index (Phi) is 5.58. The normalized spacial score (nSPS) is 12.0. The van der Waals surface area contributed by atoms with E-state index in [4.69, 9.17) is 11.6 Å². The molecule has 0 aromatic heterocycles. The highest BCUT2D eigenvalue weighted by atomic mass is 35.5. The first-order chi connectivity index (χ1) is 10.5. The van der Waals surface area contributed by atoms with Crippen molar-refractivity contribution in [2.45, 2.75) is 26.8 Å². The van der Waals surface area contributed by atoms with E-state index in [1.54, 1.807) is 0 Å². The van der Waals surface area contributed by atoms with Gasteiger partial charge < -0.3 is 10.6 Å². The molecule has 1 amide bonds. The van der Waals surface area contributed by atoms with Crippen molar-refractivity contribution >= 4 is 23.2 Å². The van der Waals surface area contributed by atoms with Crippen molar-refractivity contribution in [3.05, 3.63) is 64.2 Å². The number of hydrogen-bond acceptors (Lipinski definition) is 2. The fraction of sp³-hybridized carbons (Fsp3) is 0.278. The first-order valence-corrected chi connectivity index (χ1v) is 7.70. The zero-order valence-corrected chi connectivity index (χ0v) is 13.9. The molecule has 0 aliphatic heterocycles. The Morgan fingerprint density at radius 2 is 1.91 bits per heavy atom. The highest BCUT2D eigenvalue weighted by molar-refractivity contribution is 6.31. The van der Waals surface area contributed by atoms with E-state index in [2.05, 4.69) is 10.6 Å². The number of halogens is 1. The largest absolute Gasteiger partial charge is 0.325 e. The molecule has 0 fully saturated rings. The van der Waals surface area contributed by atoms with Gasteiger partial charge in [-0.15, -0.1) is 0 Å². The minimum absolute atomic E-state index is 0.0121. The van der Waals surface area contributed by atoms with Gasteiger partial charge >= 0.3 is 0 Å². The molecule has 2 rings (SSSR count). The Morgan fingerprint density at radius 1 is 1.18 bits per heavy atom. The maximum absolute atomic E-state index is 12.1. The van der Waals surface area contributed by atoms with Crippen LogP contribution in [0.2, 0.25) is 5.02 Å². The van der Waals surface area contributed by atoms with Gasteiger partial charge in [-0.1, -0.05) is 41.9 Å². The fourth-order valence-electron chi connectivity index (χ4n) is 2.25. The van der Waals surface area contributed by atoms with Crippen LogP contribution in [0.3, 0.4) is 0 Å². The summed E-state index contributed by atoms with van der Waals surface area (Å²) >= 11 is 6.16. The van der Waals surface area contributed by atoms with E-state index in [0.717, 1.165) is 22.4 Å². The molecular weight excluding hydrogens is 296 g/mol. The van der Waals surface area contributed by atoms with Crippen molar-refractivity contribution < 1.29 is 4.79 Å². The van der Waals surface area contributed by atoms with Crippen molar-refractivity contribution in [3.63, 3.8) is 0 Å². The minimum Gasteiger partial charge on any atom is -0.325 e. The van der Waals surface area contributed by atoms with Crippen LogP contribution in [0.15, 0.2) is 42.5 Å². The predicted octanol–water partition coefficient (Wildman–Crippen LogP) is 4.25. The third-order valence-electron chi connectivity index (χ3n) is 3.61. The van der Waals surface area contributed by atoms with Gasteiger partial charge in [-0.05, 0) is 49.6 Å². The zero-order chi connectivity index (χ0) is 16.1. The first-order valence-electron chi connectivity index (χ1n) is 7.32. The Hall–Kier alpha value is -1.84. The summed E-state index contributed by atoms with van der Waals surface area (Å²) in [6.45, 7) is 6.22. The SMILES string of the molecule is Cc1ccc(C)c(NC(=O)CN[C@H](C)c2ccccc2Cl)c1. The Bertz CT molecular complexity index is 670. The predicted molar refractivity (Wildman–Crippen MR) is 92.4 cm³/mol. The molecule has 0 aliphatic rings. The lowest BCUT2D eigenvalue weighted by atomic mass is 10.1. The van der Waals surface area contributed by atoms with Crippen molar-refractivity contribution in [2.75, 3.05) is 11.9 Å². The van der Waals surface area contributed by atoms with Crippen LogP contribution in [0, 0.1) is 13.8 Å². The van der Waals surface area contributed by atoms with Gasteiger partial charge in [0, 0.05) is 16.8 Å². The number of carbonyl (C=O) groups excluding carboxylic acids is 1. The van der Waals surface area contributed by atoms with Crippen LogP contribution in [0.1, 0.15) is 29.7 Å². The molecule has 0 saturated carbocycles. The number of hydrogen-bond donors (Lipinski definition) is 2. The van der Waals surface area contributed by atoms with Crippen LogP contribution in [-0.2, 0) is 4.79 Å². The van der Waals surface area contributed by atoms with E-state index >= 15 is 0 Å². The molecular formula is C18H21ClN2O. The molecule has 2 aromatic carbocycles. The monoisotopic (exact) mass is 316 g/mol. The van der Waals surface area contributed by atoms with Gasteiger partial charge in [-0.2, -0.15) is 0 Å².